The maximum Gasteiger partial charge on any atom is 0.276 e. The number of carbonyl (C=O) groups is 1. The van der Waals surface area contributed by atoms with Gasteiger partial charge in [-0.15, -0.1) is 10.2 Å². The Bertz CT molecular complexity index is 725. The van der Waals surface area contributed by atoms with Crippen LogP contribution in [0.4, 0.5) is 0 Å². The fourth-order valence-electron chi connectivity index (χ4n) is 1.84. The van der Waals surface area contributed by atoms with E-state index in [1.54, 1.807) is 0 Å². The molecule has 2 aromatic carbocycles. The lowest BCUT2D eigenvalue weighted by molar-refractivity contribution is -0.119. The van der Waals surface area contributed by atoms with Crippen LogP contribution in [0.25, 0.3) is 10.8 Å². The van der Waals surface area contributed by atoms with Gasteiger partial charge in [0.25, 0.3) is 5.91 Å². The molecular formula is C14H12N4O2. The minimum absolute atomic E-state index is 0.0729. The van der Waals surface area contributed by atoms with Crippen molar-refractivity contribution in [3.63, 3.8) is 0 Å². The highest BCUT2D eigenvalue weighted by Crippen LogP contribution is 2.20. The Morgan fingerprint density at radius 2 is 1.85 bits per heavy atom. The Labute approximate surface area is 115 Å². The fraction of sp³-hybridized carbons (Fsp3) is 0.0714. The molecule has 20 heavy (non-hydrogen) atoms. The van der Waals surface area contributed by atoms with Gasteiger partial charge in [-0.2, -0.15) is 0 Å². The third-order valence-electron chi connectivity index (χ3n) is 2.76. The summed E-state index contributed by atoms with van der Waals surface area (Å²) in [5, 5.41) is 9.38. The van der Waals surface area contributed by atoms with Crippen molar-refractivity contribution < 1.29 is 9.53 Å². The van der Waals surface area contributed by atoms with Crippen molar-refractivity contribution >= 4 is 16.7 Å². The number of rotatable bonds is 4. The van der Waals surface area contributed by atoms with Gasteiger partial charge >= 0.3 is 0 Å². The summed E-state index contributed by atoms with van der Waals surface area (Å²) in [4.78, 5) is 11.6. The number of fused-ring (bicyclic) bond motifs is 1. The van der Waals surface area contributed by atoms with Crippen molar-refractivity contribution in [1.82, 2.24) is 14.9 Å². The number of ether oxygens (including phenoxy) is 1. The molecule has 1 aromatic heterocycles. The largest absolute Gasteiger partial charge is 0.484 e. The van der Waals surface area contributed by atoms with Gasteiger partial charge in [0.2, 0.25) is 0 Å². The number of nitrogens with zero attached hydrogens (tertiary/aromatic N) is 3. The van der Waals surface area contributed by atoms with Gasteiger partial charge in [-0.3, -0.25) is 10.2 Å². The zero-order valence-electron chi connectivity index (χ0n) is 10.6. The average Bonchev–Trinajstić information content (AvgIpc) is 2.98. The Balaban J connectivity index is 1.63. The number of hydrogen-bond donors (Lipinski definition) is 1. The van der Waals surface area contributed by atoms with Crippen molar-refractivity contribution in [2.24, 2.45) is 0 Å². The summed E-state index contributed by atoms with van der Waals surface area (Å²) in [5.41, 5.74) is 2.56. The van der Waals surface area contributed by atoms with Crippen LogP contribution in [0, 0.1) is 0 Å². The van der Waals surface area contributed by atoms with Crippen molar-refractivity contribution in [3.05, 3.63) is 55.1 Å². The highest BCUT2D eigenvalue weighted by Gasteiger charge is 2.04. The molecule has 100 valence electrons. The molecule has 0 radical (unpaired) electrons. The molecule has 1 N–H and O–H groups in total. The minimum atomic E-state index is -0.280. The normalized spacial score (nSPS) is 10.4. The first-order valence-corrected chi connectivity index (χ1v) is 6.07. The lowest BCUT2D eigenvalue weighted by atomic mass is 10.1. The summed E-state index contributed by atoms with van der Waals surface area (Å²) in [6.07, 6.45) is 2.79. The molecule has 1 amide bonds. The summed E-state index contributed by atoms with van der Waals surface area (Å²) in [6.45, 7) is -0.0729. The number of benzene rings is 2. The van der Waals surface area contributed by atoms with E-state index in [-0.39, 0.29) is 12.5 Å². The second-order valence-corrected chi connectivity index (χ2v) is 4.20. The van der Waals surface area contributed by atoms with Crippen LogP contribution in [0.5, 0.6) is 5.75 Å². The molecule has 0 aliphatic heterocycles. The van der Waals surface area contributed by atoms with Gasteiger partial charge in [-0.1, -0.05) is 30.3 Å². The van der Waals surface area contributed by atoms with E-state index in [9.17, 15) is 4.79 Å². The van der Waals surface area contributed by atoms with Gasteiger partial charge in [0.05, 0.1) is 0 Å². The Hall–Kier alpha value is -2.89. The molecule has 0 aliphatic rings. The lowest BCUT2D eigenvalue weighted by Gasteiger charge is -2.08. The molecule has 0 saturated carbocycles. The third-order valence-corrected chi connectivity index (χ3v) is 2.76. The monoisotopic (exact) mass is 268 g/mol. The summed E-state index contributed by atoms with van der Waals surface area (Å²) >= 11 is 0. The van der Waals surface area contributed by atoms with Crippen LogP contribution in [0.3, 0.4) is 0 Å². The fourth-order valence-corrected chi connectivity index (χ4v) is 1.84. The van der Waals surface area contributed by atoms with Gasteiger partial charge in [0.1, 0.15) is 18.4 Å². The predicted molar refractivity (Wildman–Crippen MR) is 73.8 cm³/mol. The quantitative estimate of drug-likeness (QED) is 0.780. The van der Waals surface area contributed by atoms with Crippen LogP contribution >= 0.6 is 0 Å². The molecule has 0 saturated heterocycles. The third kappa shape index (κ3) is 2.74. The molecule has 0 spiro atoms. The molecular weight excluding hydrogens is 256 g/mol. The summed E-state index contributed by atoms with van der Waals surface area (Å²) in [6, 6.07) is 13.7. The van der Waals surface area contributed by atoms with E-state index >= 15 is 0 Å². The Morgan fingerprint density at radius 3 is 2.65 bits per heavy atom. The molecule has 0 unspecified atom stereocenters. The van der Waals surface area contributed by atoms with E-state index in [1.165, 1.54) is 17.3 Å². The molecule has 6 heteroatoms. The van der Waals surface area contributed by atoms with Crippen LogP contribution in [0.1, 0.15) is 0 Å². The molecule has 0 bridgehead atoms. The van der Waals surface area contributed by atoms with E-state index in [4.69, 9.17) is 4.74 Å². The van der Waals surface area contributed by atoms with E-state index in [2.05, 4.69) is 15.6 Å². The second kappa shape index (κ2) is 5.40. The van der Waals surface area contributed by atoms with Gasteiger partial charge in [-0.25, -0.2) is 4.68 Å². The van der Waals surface area contributed by atoms with E-state index < -0.39 is 0 Å². The zero-order valence-corrected chi connectivity index (χ0v) is 10.6. The highest BCUT2D eigenvalue weighted by atomic mass is 16.5. The standard InChI is InChI=1S/C14H12N4O2/c19-14(17-18-9-15-16-10-18)8-20-13-6-5-11-3-1-2-4-12(11)7-13/h1-7,9-10H,8H2,(H,17,19). The summed E-state index contributed by atoms with van der Waals surface area (Å²) in [5.74, 6) is 0.376. The summed E-state index contributed by atoms with van der Waals surface area (Å²) in [7, 11) is 0. The molecule has 3 aromatic rings. The van der Waals surface area contributed by atoms with Gasteiger partial charge in [-0.05, 0) is 22.9 Å². The first kappa shape index (κ1) is 12.2. The Kier molecular flexibility index (Phi) is 3.28. The molecule has 0 fully saturated rings. The maximum absolute atomic E-state index is 11.6. The lowest BCUT2D eigenvalue weighted by Crippen LogP contribution is -2.26. The predicted octanol–water partition coefficient (Wildman–Crippen LogP) is 1.58. The Morgan fingerprint density at radius 1 is 1.10 bits per heavy atom. The van der Waals surface area contributed by atoms with Gasteiger partial charge in [0.15, 0.2) is 6.61 Å². The number of nitrogens with one attached hydrogen (secondary N) is 1. The maximum atomic E-state index is 11.6. The first-order chi connectivity index (χ1) is 9.81. The topological polar surface area (TPSA) is 69.0 Å². The number of carbonyl (C=O) groups excluding carboxylic acids is 1. The van der Waals surface area contributed by atoms with Crippen molar-refractivity contribution in [2.45, 2.75) is 0 Å². The SMILES string of the molecule is O=C(COc1ccc2ccccc2c1)Nn1cnnc1. The minimum Gasteiger partial charge on any atom is -0.484 e. The van der Waals surface area contributed by atoms with Crippen LogP contribution in [-0.2, 0) is 4.79 Å². The molecule has 0 atom stereocenters. The molecule has 1 heterocycles. The van der Waals surface area contributed by atoms with Crippen molar-refractivity contribution in [3.8, 4) is 5.75 Å². The van der Waals surface area contributed by atoms with E-state index in [1.807, 2.05) is 42.5 Å². The first-order valence-electron chi connectivity index (χ1n) is 6.07. The smallest absolute Gasteiger partial charge is 0.276 e. The van der Waals surface area contributed by atoms with Crippen LogP contribution < -0.4 is 10.2 Å². The van der Waals surface area contributed by atoms with E-state index in [0.29, 0.717) is 5.75 Å². The second-order valence-electron chi connectivity index (χ2n) is 4.20. The van der Waals surface area contributed by atoms with Crippen molar-refractivity contribution in [2.75, 3.05) is 12.0 Å². The number of amides is 1. The molecule has 3 rings (SSSR count). The molecule has 6 nitrogen and oxygen atoms in total. The van der Waals surface area contributed by atoms with Gasteiger partial charge < -0.3 is 4.74 Å². The van der Waals surface area contributed by atoms with Gasteiger partial charge in [0, 0.05) is 0 Å². The van der Waals surface area contributed by atoms with Crippen LogP contribution in [0.2, 0.25) is 0 Å². The van der Waals surface area contributed by atoms with Crippen LogP contribution in [0.15, 0.2) is 55.1 Å². The number of hydrogen-bond acceptors (Lipinski definition) is 4. The van der Waals surface area contributed by atoms with E-state index in [0.717, 1.165) is 10.8 Å². The zero-order chi connectivity index (χ0) is 13.8. The number of aromatic nitrogens is 3. The molecule has 0 aliphatic carbocycles. The average molecular weight is 268 g/mol. The summed E-state index contributed by atoms with van der Waals surface area (Å²) < 4.78 is 6.83. The van der Waals surface area contributed by atoms with Crippen molar-refractivity contribution in [1.29, 1.82) is 0 Å². The van der Waals surface area contributed by atoms with Crippen LogP contribution in [-0.4, -0.2) is 27.4 Å². The highest BCUT2D eigenvalue weighted by molar-refractivity contribution is 5.86.